The van der Waals surface area contributed by atoms with Gasteiger partial charge in [-0.2, -0.15) is 13.5 Å². The fourth-order valence-electron chi connectivity index (χ4n) is 3.31. The molecule has 2 N–H and O–H groups in total. The second-order valence-electron chi connectivity index (χ2n) is 6.27. The van der Waals surface area contributed by atoms with E-state index in [1.54, 1.807) is 0 Å². The lowest BCUT2D eigenvalue weighted by atomic mass is 10.00. The molecule has 3 aliphatic rings. The number of piperidine rings is 1. The minimum atomic E-state index is -4.75. The lowest BCUT2D eigenvalue weighted by molar-refractivity contribution is -0.0317. The van der Waals surface area contributed by atoms with Gasteiger partial charge in [0, 0.05) is 13.0 Å². The van der Waals surface area contributed by atoms with Crippen LogP contribution in [-0.4, -0.2) is 64.8 Å². The minimum absolute atomic E-state index is 0.281. The molecule has 3 saturated heterocycles. The zero-order chi connectivity index (χ0) is 16.9. The molecule has 2 amide bonds. The molecule has 2 atom stereocenters. The number of amides is 2. The molecule has 0 unspecified atom stereocenters. The average molecular weight is 359 g/mol. The van der Waals surface area contributed by atoms with E-state index in [1.165, 1.54) is 4.90 Å². The van der Waals surface area contributed by atoms with Crippen molar-refractivity contribution < 1.29 is 26.5 Å². The maximum atomic E-state index is 12.3. The molecule has 11 nitrogen and oxygen atoms in total. The van der Waals surface area contributed by atoms with Crippen LogP contribution in [0.3, 0.4) is 0 Å². The number of hydrogen-bond donors (Lipinski definition) is 2. The molecule has 3 aliphatic heterocycles. The largest absolute Gasteiger partial charge is 0.423 e. The van der Waals surface area contributed by atoms with Gasteiger partial charge in [-0.3, -0.25) is 4.55 Å². The lowest BCUT2D eigenvalue weighted by Gasteiger charge is -2.27. The van der Waals surface area contributed by atoms with Crippen molar-refractivity contribution in [1.82, 2.24) is 25.5 Å². The van der Waals surface area contributed by atoms with Gasteiger partial charge in [-0.05, 0) is 31.8 Å². The zero-order valence-electron chi connectivity index (χ0n) is 12.7. The molecule has 0 aliphatic carbocycles. The van der Waals surface area contributed by atoms with Crippen LogP contribution in [0.1, 0.15) is 30.7 Å². The number of fused-ring (bicyclic) bond motifs is 2. The monoisotopic (exact) mass is 359 g/mol. The first-order valence-electron chi connectivity index (χ1n) is 7.70. The summed E-state index contributed by atoms with van der Waals surface area (Å²) in [5.41, 5.74) is 0. The Bertz CT molecular complexity index is 747. The predicted octanol–water partition coefficient (Wildman–Crippen LogP) is -0.493. The average Bonchev–Trinajstić information content (AvgIpc) is 3.02. The van der Waals surface area contributed by atoms with E-state index < -0.39 is 28.5 Å². The Hall–Kier alpha value is -1.76. The highest BCUT2D eigenvalue weighted by atomic mass is 32.3. The first-order chi connectivity index (χ1) is 11.4. The van der Waals surface area contributed by atoms with E-state index in [0.717, 1.165) is 13.1 Å². The number of nitrogens with one attached hydrogen (secondary N) is 1. The van der Waals surface area contributed by atoms with E-state index >= 15 is 0 Å². The molecule has 1 aromatic rings. The highest BCUT2D eigenvalue weighted by Gasteiger charge is 2.49. The van der Waals surface area contributed by atoms with E-state index in [1.807, 2.05) is 0 Å². The number of hydrogen-bond acceptors (Lipinski definition) is 8. The first-order valence-corrected chi connectivity index (χ1v) is 9.07. The molecule has 4 rings (SSSR count). The van der Waals surface area contributed by atoms with Gasteiger partial charge in [0.2, 0.25) is 11.8 Å². The van der Waals surface area contributed by atoms with Crippen LogP contribution in [0.4, 0.5) is 4.79 Å². The SMILES string of the molecule is O=C1N2C[C@H](CC[C@H]2c2nnc(CC3CNC3)o2)N1OS(=O)(=O)O. The number of rotatable bonds is 5. The Morgan fingerprint density at radius 3 is 2.79 bits per heavy atom. The quantitative estimate of drug-likeness (QED) is 0.667. The highest BCUT2D eigenvalue weighted by molar-refractivity contribution is 7.80. The smallest absolute Gasteiger partial charge is 0.418 e. The fourth-order valence-corrected chi connectivity index (χ4v) is 3.70. The van der Waals surface area contributed by atoms with Crippen LogP contribution < -0.4 is 5.32 Å². The van der Waals surface area contributed by atoms with Crippen LogP contribution in [0.25, 0.3) is 0 Å². The predicted molar refractivity (Wildman–Crippen MR) is 76.7 cm³/mol. The second-order valence-corrected chi connectivity index (χ2v) is 7.28. The normalized spacial score (nSPS) is 27.6. The maximum Gasteiger partial charge on any atom is 0.418 e. The van der Waals surface area contributed by atoms with Gasteiger partial charge >= 0.3 is 16.4 Å². The van der Waals surface area contributed by atoms with Crippen molar-refractivity contribution in [3.63, 3.8) is 0 Å². The summed E-state index contributed by atoms with van der Waals surface area (Å²) in [6, 6.07) is -1.48. The topological polar surface area (TPSA) is 138 Å². The van der Waals surface area contributed by atoms with Crippen molar-refractivity contribution in [2.75, 3.05) is 19.6 Å². The lowest BCUT2D eigenvalue weighted by Crippen LogP contribution is -2.43. The molecule has 3 fully saturated rings. The van der Waals surface area contributed by atoms with Gasteiger partial charge < -0.3 is 14.6 Å². The molecule has 0 spiro atoms. The molecule has 0 aromatic carbocycles. The van der Waals surface area contributed by atoms with Gasteiger partial charge in [0.15, 0.2) is 0 Å². The van der Waals surface area contributed by atoms with Crippen LogP contribution in [0.15, 0.2) is 4.42 Å². The first kappa shape index (κ1) is 15.7. The standard InChI is InChI=1S/C12H17N5O6S/c18-12-16-6-8(17(12)23-24(19,20)21)1-2-9(16)11-15-14-10(22-11)3-7-4-13-5-7/h7-9,13H,1-6H2,(H,19,20,21)/t8-,9-/m0/s1. The Labute approximate surface area is 137 Å². The Morgan fingerprint density at radius 2 is 2.12 bits per heavy atom. The van der Waals surface area contributed by atoms with Crippen molar-refractivity contribution in [2.24, 2.45) is 5.92 Å². The summed E-state index contributed by atoms with van der Waals surface area (Å²) < 4.78 is 40.7. The third kappa shape index (κ3) is 2.85. The summed E-state index contributed by atoms with van der Waals surface area (Å²) in [5, 5.41) is 12.0. The van der Waals surface area contributed by atoms with Crippen molar-refractivity contribution in [3.05, 3.63) is 11.8 Å². The van der Waals surface area contributed by atoms with E-state index in [-0.39, 0.29) is 6.54 Å². The molecular weight excluding hydrogens is 342 g/mol. The zero-order valence-corrected chi connectivity index (χ0v) is 13.5. The third-order valence-corrected chi connectivity index (χ3v) is 4.94. The molecular formula is C12H17N5O6S. The molecule has 0 radical (unpaired) electrons. The summed E-state index contributed by atoms with van der Waals surface area (Å²) in [6.07, 6.45) is 1.75. The van der Waals surface area contributed by atoms with Gasteiger partial charge in [0.05, 0.1) is 6.04 Å². The van der Waals surface area contributed by atoms with E-state index in [4.69, 9.17) is 8.97 Å². The van der Waals surface area contributed by atoms with Crippen LogP contribution in [0.5, 0.6) is 0 Å². The molecule has 12 heteroatoms. The van der Waals surface area contributed by atoms with E-state index in [9.17, 15) is 13.2 Å². The van der Waals surface area contributed by atoms with Gasteiger partial charge in [0.1, 0.15) is 6.04 Å². The number of carbonyl (C=O) groups excluding carboxylic acids is 1. The van der Waals surface area contributed by atoms with Crippen molar-refractivity contribution in [3.8, 4) is 0 Å². The van der Waals surface area contributed by atoms with E-state index in [2.05, 4.69) is 19.8 Å². The Morgan fingerprint density at radius 1 is 1.33 bits per heavy atom. The van der Waals surface area contributed by atoms with Crippen LogP contribution in [-0.2, 0) is 21.1 Å². The van der Waals surface area contributed by atoms with Crippen LogP contribution in [0, 0.1) is 5.92 Å². The van der Waals surface area contributed by atoms with Crippen molar-refractivity contribution in [2.45, 2.75) is 31.3 Å². The highest BCUT2D eigenvalue weighted by Crippen LogP contribution is 2.38. The van der Waals surface area contributed by atoms with Gasteiger partial charge in [-0.25, -0.2) is 4.79 Å². The number of hydroxylamine groups is 2. The number of urea groups is 1. The number of carbonyl (C=O) groups is 1. The fraction of sp³-hybridized carbons (Fsp3) is 0.750. The molecule has 1 aromatic heterocycles. The second kappa shape index (κ2) is 5.65. The van der Waals surface area contributed by atoms with Crippen molar-refractivity contribution >= 4 is 16.4 Å². The molecule has 132 valence electrons. The summed E-state index contributed by atoms with van der Waals surface area (Å²) in [5.74, 6) is 1.37. The van der Waals surface area contributed by atoms with Gasteiger partial charge in [-0.15, -0.1) is 14.5 Å². The van der Waals surface area contributed by atoms with Gasteiger partial charge in [0.25, 0.3) is 0 Å². The third-order valence-electron chi connectivity index (χ3n) is 4.59. The molecule has 24 heavy (non-hydrogen) atoms. The van der Waals surface area contributed by atoms with Crippen LogP contribution >= 0.6 is 0 Å². The summed E-state index contributed by atoms with van der Waals surface area (Å²) in [4.78, 5) is 13.8. The molecule has 4 heterocycles. The summed E-state index contributed by atoms with van der Waals surface area (Å²) in [6.45, 7) is 2.13. The Kier molecular flexibility index (Phi) is 3.71. The van der Waals surface area contributed by atoms with Crippen molar-refractivity contribution in [1.29, 1.82) is 0 Å². The van der Waals surface area contributed by atoms with E-state index in [0.29, 0.717) is 42.0 Å². The summed E-state index contributed by atoms with van der Waals surface area (Å²) in [7, 11) is -4.75. The summed E-state index contributed by atoms with van der Waals surface area (Å²) >= 11 is 0. The Balaban J connectivity index is 1.48. The van der Waals surface area contributed by atoms with Gasteiger partial charge in [-0.1, -0.05) is 0 Å². The molecule has 2 bridgehead atoms. The minimum Gasteiger partial charge on any atom is -0.423 e. The number of aromatic nitrogens is 2. The molecule has 0 saturated carbocycles. The van der Waals surface area contributed by atoms with Crippen LogP contribution in [0.2, 0.25) is 0 Å². The number of nitrogens with zero attached hydrogens (tertiary/aromatic N) is 4. The maximum absolute atomic E-state index is 12.3.